The molecule has 2 aromatic heterocycles. The van der Waals surface area contributed by atoms with Crippen LogP contribution in [0.5, 0.6) is 0 Å². The Morgan fingerprint density at radius 1 is 0.774 bits per heavy atom. The molecule has 0 bridgehead atoms. The molecule has 0 unspecified atom stereocenters. The number of rotatable bonds is 5. The molecule has 6 nitrogen and oxygen atoms in total. The van der Waals surface area contributed by atoms with E-state index in [1.165, 1.54) is 6.33 Å². The van der Waals surface area contributed by atoms with E-state index in [2.05, 4.69) is 73.2 Å². The van der Waals surface area contributed by atoms with Crippen molar-refractivity contribution in [3.8, 4) is 39.9 Å². The van der Waals surface area contributed by atoms with Crippen LogP contribution in [-0.4, -0.2) is 38.8 Å². The van der Waals surface area contributed by atoms with Gasteiger partial charge in [-0.15, -0.1) is 0 Å². The maximum atomic E-state index is 5.14. The summed E-state index contributed by atoms with van der Waals surface area (Å²) >= 11 is 0. The quantitative estimate of drug-likeness (QED) is 0.443. The molecule has 6 heteroatoms. The van der Waals surface area contributed by atoms with E-state index in [4.69, 9.17) is 4.98 Å². The molecule has 0 spiro atoms. The molecule has 31 heavy (non-hydrogen) atoms. The van der Waals surface area contributed by atoms with Crippen LogP contribution >= 0.6 is 0 Å². The molecule has 0 atom stereocenters. The Kier molecular flexibility index (Phi) is 4.80. The second-order valence-corrected chi connectivity index (χ2v) is 7.45. The number of anilines is 1. The molecular weight excluding hydrogens is 384 g/mol. The minimum absolute atomic E-state index is 0.624. The predicted molar refractivity (Wildman–Crippen MR) is 124 cm³/mol. The summed E-state index contributed by atoms with van der Waals surface area (Å²) < 4.78 is 2.05. The number of H-pyrrole nitrogens is 1. The van der Waals surface area contributed by atoms with Gasteiger partial charge in [-0.3, -0.25) is 4.57 Å². The summed E-state index contributed by atoms with van der Waals surface area (Å²) in [5, 5.41) is 7.13. The molecule has 0 radical (unpaired) electrons. The lowest BCUT2D eigenvalue weighted by Gasteiger charge is -2.14. The van der Waals surface area contributed by atoms with Gasteiger partial charge in [-0.05, 0) is 12.1 Å². The number of imidazole rings is 1. The van der Waals surface area contributed by atoms with Crippen molar-refractivity contribution in [3.05, 3.63) is 91.3 Å². The fourth-order valence-corrected chi connectivity index (χ4v) is 3.71. The number of aromatic nitrogens is 5. The van der Waals surface area contributed by atoms with Gasteiger partial charge in [0.1, 0.15) is 12.2 Å². The first-order valence-corrected chi connectivity index (χ1v) is 10.1. The molecule has 5 aromatic rings. The number of nitrogens with one attached hydrogen (secondary N) is 1. The van der Waals surface area contributed by atoms with Crippen LogP contribution in [0.15, 0.2) is 91.3 Å². The zero-order chi connectivity index (χ0) is 21.2. The van der Waals surface area contributed by atoms with Crippen molar-refractivity contribution in [2.45, 2.75) is 0 Å². The van der Waals surface area contributed by atoms with Crippen molar-refractivity contribution in [3.63, 3.8) is 0 Å². The van der Waals surface area contributed by atoms with E-state index in [0.29, 0.717) is 5.95 Å². The minimum Gasteiger partial charge on any atom is -0.378 e. The molecule has 0 aliphatic rings. The van der Waals surface area contributed by atoms with E-state index in [9.17, 15) is 0 Å². The van der Waals surface area contributed by atoms with Crippen LogP contribution in [0.3, 0.4) is 0 Å². The summed E-state index contributed by atoms with van der Waals surface area (Å²) in [6, 6.07) is 28.9. The molecule has 0 aliphatic carbocycles. The van der Waals surface area contributed by atoms with Crippen molar-refractivity contribution < 1.29 is 0 Å². The van der Waals surface area contributed by atoms with Crippen LogP contribution in [0.2, 0.25) is 0 Å². The Bertz CT molecular complexity index is 1290. The lowest BCUT2D eigenvalue weighted by molar-refractivity contribution is 0.944. The largest absolute Gasteiger partial charge is 0.378 e. The molecule has 152 valence electrons. The Balaban J connectivity index is 1.85. The van der Waals surface area contributed by atoms with Crippen molar-refractivity contribution in [2.24, 2.45) is 0 Å². The number of benzene rings is 3. The molecular formula is C25H22N6. The summed E-state index contributed by atoms with van der Waals surface area (Å²) in [4.78, 5) is 11.7. The van der Waals surface area contributed by atoms with Gasteiger partial charge in [-0.2, -0.15) is 10.1 Å². The van der Waals surface area contributed by atoms with E-state index in [1.807, 2.05) is 50.5 Å². The predicted octanol–water partition coefficient (Wildman–Crippen LogP) is 5.06. The lowest BCUT2D eigenvalue weighted by Crippen LogP contribution is -2.08. The number of hydrogen-bond donors (Lipinski definition) is 1. The van der Waals surface area contributed by atoms with Crippen LogP contribution in [0, 0.1) is 0 Å². The average molecular weight is 406 g/mol. The van der Waals surface area contributed by atoms with Crippen LogP contribution in [0.4, 0.5) is 5.69 Å². The Morgan fingerprint density at radius 3 is 2.10 bits per heavy atom. The molecule has 0 aliphatic heterocycles. The molecule has 0 saturated heterocycles. The maximum absolute atomic E-state index is 5.14. The molecule has 5 rings (SSSR count). The van der Waals surface area contributed by atoms with Crippen LogP contribution in [0.1, 0.15) is 0 Å². The Labute approximate surface area is 180 Å². The third kappa shape index (κ3) is 3.48. The SMILES string of the molecule is CN(C)c1cccc(-c2nc(-c3ccccc3)c(-c3ccccc3)n2-c2ncn[nH]2)c1. The van der Waals surface area contributed by atoms with Gasteiger partial charge in [0.2, 0.25) is 5.95 Å². The second kappa shape index (κ2) is 7.91. The van der Waals surface area contributed by atoms with E-state index in [-0.39, 0.29) is 0 Å². The lowest BCUT2D eigenvalue weighted by atomic mass is 10.0. The molecule has 0 fully saturated rings. The normalized spacial score (nSPS) is 10.9. The summed E-state index contributed by atoms with van der Waals surface area (Å²) in [5.74, 6) is 1.43. The second-order valence-electron chi connectivity index (χ2n) is 7.45. The van der Waals surface area contributed by atoms with E-state index >= 15 is 0 Å². The molecule has 0 saturated carbocycles. The summed E-state index contributed by atoms with van der Waals surface area (Å²) in [5.41, 5.74) is 6.07. The van der Waals surface area contributed by atoms with Gasteiger partial charge in [-0.25, -0.2) is 10.1 Å². The first-order valence-electron chi connectivity index (χ1n) is 10.1. The summed E-state index contributed by atoms with van der Waals surface area (Å²) in [7, 11) is 4.07. The third-order valence-corrected chi connectivity index (χ3v) is 5.21. The fourth-order valence-electron chi connectivity index (χ4n) is 3.71. The number of hydrogen-bond acceptors (Lipinski definition) is 4. The van der Waals surface area contributed by atoms with Crippen molar-refractivity contribution in [1.29, 1.82) is 0 Å². The third-order valence-electron chi connectivity index (χ3n) is 5.21. The molecule has 0 amide bonds. The van der Waals surface area contributed by atoms with Crippen LogP contribution in [-0.2, 0) is 0 Å². The van der Waals surface area contributed by atoms with E-state index in [0.717, 1.165) is 39.6 Å². The smallest absolute Gasteiger partial charge is 0.231 e. The van der Waals surface area contributed by atoms with Crippen LogP contribution in [0.25, 0.3) is 39.9 Å². The minimum atomic E-state index is 0.624. The highest BCUT2D eigenvalue weighted by atomic mass is 15.3. The maximum Gasteiger partial charge on any atom is 0.231 e. The van der Waals surface area contributed by atoms with Crippen molar-refractivity contribution >= 4 is 5.69 Å². The van der Waals surface area contributed by atoms with Gasteiger partial charge in [0.05, 0.1) is 11.4 Å². The zero-order valence-corrected chi connectivity index (χ0v) is 17.4. The van der Waals surface area contributed by atoms with Crippen LogP contribution < -0.4 is 4.90 Å². The average Bonchev–Trinajstić information content (AvgIpc) is 3.48. The van der Waals surface area contributed by atoms with Gasteiger partial charge in [0.25, 0.3) is 0 Å². The van der Waals surface area contributed by atoms with E-state index in [1.54, 1.807) is 0 Å². The molecule has 2 heterocycles. The molecule has 1 N–H and O–H groups in total. The van der Waals surface area contributed by atoms with Crippen molar-refractivity contribution in [2.75, 3.05) is 19.0 Å². The highest BCUT2D eigenvalue weighted by Gasteiger charge is 2.23. The zero-order valence-electron chi connectivity index (χ0n) is 17.4. The van der Waals surface area contributed by atoms with Gasteiger partial charge < -0.3 is 4.90 Å². The first kappa shape index (κ1) is 18.8. The first-order chi connectivity index (χ1) is 15.2. The van der Waals surface area contributed by atoms with Crippen molar-refractivity contribution in [1.82, 2.24) is 24.7 Å². The fraction of sp³-hybridized carbons (Fsp3) is 0.0800. The molecule has 3 aromatic carbocycles. The van der Waals surface area contributed by atoms with Gasteiger partial charge in [0.15, 0.2) is 0 Å². The number of nitrogens with zero attached hydrogens (tertiary/aromatic N) is 5. The van der Waals surface area contributed by atoms with Gasteiger partial charge in [-0.1, -0.05) is 72.8 Å². The Hall–Kier alpha value is -4.19. The Morgan fingerprint density at radius 2 is 1.45 bits per heavy atom. The highest BCUT2D eigenvalue weighted by Crippen LogP contribution is 2.38. The van der Waals surface area contributed by atoms with Gasteiger partial charge >= 0.3 is 0 Å². The van der Waals surface area contributed by atoms with E-state index < -0.39 is 0 Å². The standard InChI is InChI=1S/C25H22N6/c1-30(2)21-15-9-14-20(16-21)24-28-22(18-10-5-3-6-11-18)23(19-12-7-4-8-13-19)31(24)25-26-17-27-29-25/h3-17H,1-2H3,(H,26,27,29). The monoisotopic (exact) mass is 406 g/mol. The highest BCUT2D eigenvalue weighted by molar-refractivity contribution is 5.84. The van der Waals surface area contributed by atoms with Gasteiger partial charge in [0, 0.05) is 36.5 Å². The number of aromatic amines is 1. The topological polar surface area (TPSA) is 62.6 Å². The summed E-state index contributed by atoms with van der Waals surface area (Å²) in [6.07, 6.45) is 1.52. The summed E-state index contributed by atoms with van der Waals surface area (Å²) in [6.45, 7) is 0.